The van der Waals surface area contributed by atoms with Crippen LogP contribution in [0.4, 0.5) is 22.0 Å². The monoisotopic (exact) mass is 579 g/mol. The van der Waals surface area contributed by atoms with E-state index >= 15 is 0 Å². The maximum absolute atomic E-state index is 14.7. The summed E-state index contributed by atoms with van der Waals surface area (Å²) in [5.41, 5.74) is 1.27. The number of benzene rings is 3. The molecule has 0 aliphatic rings. The quantitative estimate of drug-likeness (QED) is 0.202. The zero-order chi connectivity index (χ0) is 30.2. The predicted molar refractivity (Wildman–Crippen MR) is 144 cm³/mol. The predicted octanol–water partition coefficient (Wildman–Crippen LogP) is 7.08. The molecule has 2 heterocycles. The SMILES string of the molecule is C[C@H](NC(=O)c1cc(-c2cc(F)ccc2F)cc2ncc(Cc3ccc(C(F)(F)F)cc3)n12)c1ccc(C(=O)O)cc1. The number of carbonyl (C=O) groups excluding carboxylic acids is 1. The summed E-state index contributed by atoms with van der Waals surface area (Å²) in [5, 5.41) is 12.0. The Morgan fingerprint density at radius 2 is 1.64 bits per heavy atom. The van der Waals surface area contributed by atoms with Gasteiger partial charge in [0.2, 0.25) is 0 Å². The Kier molecular flexibility index (Phi) is 7.51. The molecule has 1 amide bonds. The van der Waals surface area contributed by atoms with E-state index in [0.717, 1.165) is 30.3 Å². The Balaban J connectivity index is 1.55. The molecule has 0 bridgehead atoms. The van der Waals surface area contributed by atoms with Gasteiger partial charge in [-0.15, -0.1) is 0 Å². The van der Waals surface area contributed by atoms with Gasteiger partial charge in [-0.1, -0.05) is 24.3 Å². The number of nitrogens with zero attached hydrogens (tertiary/aromatic N) is 2. The van der Waals surface area contributed by atoms with Gasteiger partial charge in [0, 0.05) is 23.9 Å². The molecular formula is C31H22F5N3O3. The molecule has 0 saturated carbocycles. The highest BCUT2D eigenvalue weighted by Gasteiger charge is 2.30. The van der Waals surface area contributed by atoms with Gasteiger partial charge in [0.15, 0.2) is 0 Å². The van der Waals surface area contributed by atoms with Crippen LogP contribution in [0.3, 0.4) is 0 Å². The summed E-state index contributed by atoms with van der Waals surface area (Å²) in [6, 6.07) is 15.8. The number of aromatic carboxylic acids is 1. The van der Waals surface area contributed by atoms with Gasteiger partial charge < -0.3 is 10.4 Å². The first-order valence-corrected chi connectivity index (χ1v) is 12.7. The highest BCUT2D eigenvalue weighted by atomic mass is 19.4. The van der Waals surface area contributed by atoms with Crippen LogP contribution in [0.15, 0.2) is 85.1 Å². The van der Waals surface area contributed by atoms with Crippen LogP contribution in [-0.2, 0) is 12.6 Å². The number of fused-ring (bicyclic) bond motifs is 1. The molecule has 0 saturated heterocycles. The minimum Gasteiger partial charge on any atom is -0.478 e. The summed E-state index contributed by atoms with van der Waals surface area (Å²) < 4.78 is 69.3. The van der Waals surface area contributed by atoms with Gasteiger partial charge in [0.1, 0.15) is 23.0 Å². The second-order valence-corrected chi connectivity index (χ2v) is 9.69. The molecule has 42 heavy (non-hydrogen) atoms. The summed E-state index contributed by atoms with van der Waals surface area (Å²) in [5.74, 6) is -3.08. The van der Waals surface area contributed by atoms with E-state index < -0.39 is 41.3 Å². The highest BCUT2D eigenvalue weighted by molar-refractivity contribution is 5.95. The lowest BCUT2D eigenvalue weighted by Gasteiger charge is -2.17. The third-order valence-corrected chi connectivity index (χ3v) is 6.82. The topological polar surface area (TPSA) is 83.7 Å². The molecule has 2 N–H and O–H groups in total. The Morgan fingerprint density at radius 3 is 2.29 bits per heavy atom. The molecule has 1 atom stereocenters. The van der Waals surface area contributed by atoms with Crippen LogP contribution in [0.5, 0.6) is 0 Å². The lowest BCUT2D eigenvalue weighted by atomic mass is 10.0. The number of nitrogens with one attached hydrogen (secondary N) is 1. The lowest BCUT2D eigenvalue weighted by molar-refractivity contribution is -0.137. The molecule has 11 heteroatoms. The van der Waals surface area contributed by atoms with Gasteiger partial charge in [-0.05, 0) is 78.2 Å². The van der Waals surface area contributed by atoms with Crippen molar-refractivity contribution >= 4 is 17.5 Å². The normalized spacial score (nSPS) is 12.3. The second kappa shape index (κ2) is 11.1. The number of carbonyl (C=O) groups is 2. The minimum absolute atomic E-state index is 0.0274. The van der Waals surface area contributed by atoms with Gasteiger partial charge in [0.25, 0.3) is 5.91 Å². The summed E-state index contributed by atoms with van der Waals surface area (Å²) >= 11 is 0. The van der Waals surface area contributed by atoms with Crippen molar-refractivity contribution < 1.29 is 36.6 Å². The highest BCUT2D eigenvalue weighted by Crippen LogP contribution is 2.31. The number of hydrogen-bond acceptors (Lipinski definition) is 3. The van der Waals surface area contributed by atoms with Crippen molar-refractivity contribution in [1.29, 1.82) is 0 Å². The number of carboxylic acid groups (broad SMARTS) is 1. The molecule has 0 unspecified atom stereocenters. The molecule has 0 aliphatic heterocycles. The maximum Gasteiger partial charge on any atom is 0.416 e. The first kappa shape index (κ1) is 28.5. The van der Waals surface area contributed by atoms with Gasteiger partial charge in [0.05, 0.1) is 17.2 Å². The standard InChI is InChI=1S/C31H22F5N3O3/c1-17(19-4-6-20(7-5-19)30(41)42)38-29(40)27-13-21(25-15-23(32)10-11-26(25)33)14-28-37-16-24(39(27)28)12-18-2-8-22(9-3-18)31(34,35)36/h2-11,13-17H,12H2,1H3,(H,38,40)(H,41,42)/t17-/m0/s1. The summed E-state index contributed by atoms with van der Waals surface area (Å²) in [4.78, 5) is 29.2. The van der Waals surface area contributed by atoms with Crippen LogP contribution >= 0.6 is 0 Å². The van der Waals surface area contributed by atoms with Crippen LogP contribution in [-0.4, -0.2) is 26.4 Å². The van der Waals surface area contributed by atoms with Gasteiger partial charge in [-0.25, -0.2) is 18.6 Å². The Hall–Kier alpha value is -5.06. The number of carboxylic acids is 1. The number of aromatic nitrogens is 2. The van der Waals surface area contributed by atoms with Crippen LogP contribution in [0.2, 0.25) is 0 Å². The fourth-order valence-corrected chi connectivity index (χ4v) is 4.63. The van der Waals surface area contributed by atoms with Crippen LogP contribution in [0, 0.1) is 11.6 Å². The molecule has 2 aromatic heterocycles. The van der Waals surface area contributed by atoms with E-state index in [1.165, 1.54) is 47.0 Å². The maximum atomic E-state index is 14.7. The number of imidazole rings is 1. The largest absolute Gasteiger partial charge is 0.478 e. The Bertz CT molecular complexity index is 1800. The van der Waals surface area contributed by atoms with Crippen molar-refractivity contribution in [3.05, 3.63) is 130 Å². The van der Waals surface area contributed by atoms with E-state index in [4.69, 9.17) is 5.11 Å². The van der Waals surface area contributed by atoms with Crippen molar-refractivity contribution in [3.8, 4) is 11.1 Å². The van der Waals surface area contributed by atoms with E-state index in [0.29, 0.717) is 16.8 Å². The molecule has 0 fully saturated rings. The van der Waals surface area contributed by atoms with E-state index in [2.05, 4.69) is 10.3 Å². The molecule has 5 aromatic rings. The summed E-state index contributed by atoms with van der Waals surface area (Å²) in [6.07, 6.45) is -2.90. The van der Waals surface area contributed by atoms with Crippen LogP contribution in [0.25, 0.3) is 16.8 Å². The van der Waals surface area contributed by atoms with Crippen molar-refractivity contribution in [1.82, 2.24) is 14.7 Å². The molecule has 0 radical (unpaired) electrons. The number of hydrogen-bond donors (Lipinski definition) is 2. The lowest BCUT2D eigenvalue weighted by Crippen LogP contribution is -2.28. The zero-order valence-electron chi connectivity index (χ0n) is 21.9. The van der Waals surface area contributed by atoms with Gasteiger partial charge in [-0.2, -0.15) is 13.2 Å². The number of rotatable bonds is 7. The van der Waals surface area contributed by atoms with Crippen LogP contribution in [0.1, 0.15) is 56.2 Å². The molecule has 214 valence electrons. The summed E-state index contributed by atoms with van der Waals surface area (Å²) in [6.45, 7) is 1.69. The molecular weight excluding hydrogens is 557 g/mol. The fourth-order valence-electron chi connectivity index (χ4n) is 4.63. The number of amides is 1. The number of pyridine rings is 1. The second-order valence-electron chi connectivity index (χ2n) is 9.69. The average Bonchev–Trinajstić information content (AvgIpc) is 3.36. The smallest absolute Gasteiger partial charge is 0.416 e. The molecule has 0 spiro atoms. The van der Waals surface area contributed by atoms with Crippen LogP contribution < -0.4 is 5.32 Å². The molecule has 6 nitrogen and oxygen atoms in total. The van der Waals surface area contributed by atoms with E-state index in [9.17, 15) is 31.5 Å². The van der Waals surface area contributed by atoms with E-state index in [1.807, 2.05) is 0 Å². The molecule has 0 aliphatic carbocycles. The fraction of sp³-hybridized carbons (Fsp3) is 0.129. The first-order chi connectivity index (χ1) is 19.9. The summed E-state index contributed by atoms with van der Waals surface area (Å²) in [7, 11) is 0. The van der Waals surface area contributed by atoms with E-state index in [-0.39, 0.29) is 34.5 Å². The Morgan fingerprint density at radius 1 is 0.952 bits per heavy atom. The van der Waals surface area contributed by atoms with Gasteiger partial charge in [-0.3, -0.25) is 9.20 Å². The number of alkyl halides is 3. The first-order valence-electron chi connectivity index (χ1n) is 12.7. The third-order valence-electron chi connectivity index (χ3n) is 6.82. The minimum atomic E-state index is -4.49. The van der Waals surface area contributed by atoms with Crippen molar-refractivity contribution in [2.45, 2.75) is 25.6 Å². The van der Waals surface area contributed by atoms with Crippen molar-refractivity contribution in [2.75, 3.05) is 0 Å². The van der Waals surface area contributed by atoms with Gasteiger partial charge >= 0.3 is 12.1 Å². The third kappa shape index (κ3) is 5.85. The molecule has 3 aromatic carbocycles. The number of halogens is 5. The molecule has 5 rings (SSSR count). The zero-order valence-corrected chi connectivity index (χ0v) is 21.9. The van der Waals surface area contributed by atoms with Crippen molar-refractivity contribution in [3.63, 3.8) is 0 Å². The van der Waals surface area contributed by atoms with Crippen molar-refractivity contribution in [2.24, 2.45) is 0 Å². The average molecular weight is 580 g/mol. The Labute approximate surface area is 236 Å². The van der Waals surface area contributed by atoms with E-state index in [1.54, 1.807) is 19.1 Å².